The number of amides is 2. The Hall–Kier alpha value is -2.93. The Morgan fingerprint density at radius 1 is 1.19 bits per heavy atom. The standard InChI is InChI=1S/C25H34N4O3/c1-5-25(3,4)27-24(31)20-9-11-28(12-10-20)16-19-7-6-8-22(14-19)26-23(30)21-13-18(2)15-29(32)17-21/h6-8,13-15,17,20H,5,9-12,16H2,1-4H3,(H,26,30)(H,27,31). The van der Waals surface area contributed by atoms with Crippen molar-refractivity contribution in [2.45, 2.75) is 59.0 Å². The number of hydrogen-bond donors (Lipinski definition) is 2. The quantitative estimate of drug-likeness (QED) is 0.512. The first-order valence-electron chi connectivity index (χ1n) is 11.3. The topological polar surface area (TPSA) is 88.4 Å². The van der Waals surface area contributed by atoms with E-state index in [4.69, 9.17) is 0 Å². The first-order chi connectivity index (χ1) is 15.1. The summed E-state index contributed by atoms with van der Waals surface area (Å²) in [6, 6.07) is 9.45. The van der Waals surface area contributed by atoms with Crippen LogP contribution in [-0.2, 0) is 11.3 Å². The molecule has 1 saturated heterocycles. The molecule has 172 valence electrons. The Bertz CT molecular complexity index is 945. The maximum absolute atomic E-state index is 12.6. The number of hydrogen-bond acceptors (Lipinski definition) is 4. The van der Waals surface area contributed by atoms with Crippen LogP contribution in [0.5, 0.6) is 0 Å². The predicted molar refractivity (Wildman–Crippen MR) is 125 cm³/mol. The van der Waals surface area contributed by atoms with Crippen LogP contribution < -0.4 is 15.4 Å². The van der Waals surface area contributed by atoms with Gasteiger partial charge in [0.2, 0.25) is 5.91 Å². The van der Waals surface area contributed by atoms with E-state index < -0.39 is 0 Å². The lowest BCUT2D eigenvalue weighted by Gasteiger charge is -2.33. The summed E-state index contributed by atoms with van der Waals surface area (Å²) in [7, 11) is 0. The third-order valence-corrected chi connectivity index (χ3v) is 6.14. The third kappa shape index (κ3) is 6.53. The Morgan fingerprint density at radius 3 is 2.56 bits per heavy atom. The van der Waals surface area contributed by atoms with E-state index in [2.05, 4.69) is 36.3 Å². The average molecular weight is 439 g/mol. The van der Waals surface area contributed by atoms with E-state index in [1.807, 2.05) is 24.3 Å². The number of rotatable bonds is 7. The molecule has 0 radical (unpaired) electrons. The number of nitrogens with one attached hydrogen (secondary N) is 2. The van der Waals surface area contributed by atoms with Crippen molar-refractivity contribution < 1.29 is 14.3 Å². The van der Waals surface area contributed by atoms with Gasteiger partial charge in [0.1, 0.15) is 5.56 Å². The number of likely N-dealkylation sites (tertiary alicyclic amines) is 1. The van der Waals surface area contributed by atoms with Crippen molar-refractivity contribution >= 4 is 17.5 Å². The van der Waals surface area contributed by atoms with Crippen molar-refractivity contribution in [3.8, 4) is 0 Å². The lowest BCUT2D eigenvalue weighted by molar-refractivity contribution is -0.605. The van der Waals surface area contributed by atoms with Gasteiger partial charge in [-0.05, 0) is 76.9 Å². The SMILES string of the molecule is CCC(C)(C)NC(=O)C1CCN(Cc2cccc(NC(=O)c3cc(C)c[n+]([O-])c3)c2)CC1. The molecule has 1 aliphatic heterocycles. The largest absolute Gasteiger partial charge is 0.619 e. The number of nitrogens with zero attached hydrogens (tertiary/aromatic N) is 2. The molecule has 2 heterocycles. The smallest absolute Gasteiger partial charge is 0.261 e. The summed E-state index contributed by atoms with van der Waals surface area (Å²) in [5.41, 5.74) is 2.70. The molecule has 2 amide bonds. The van der Waals surface area contributed by atoms with Gasteiger partial charge in [0, 0.05) is 29.3 Å². The second-order valence-electron chi connectivity index (χ2n) is 9.39. The van der Waals surface area contributed by atoms with Crippen molar-refractivity contribution in [2.24, 2.45) is 5.92 Å². The van der Waals surface area contributed by atoms with Crippen molar-refractivity contribution in [1.29, 1.82) is 0 Å². The van der Waals surface area contributed by atoms with Gasteiger partial charge >= 0.3 is 0 Å². The highest BCUT2D eigenvalue weighted by Gasteiger charge is 2.28. The van der Waals surface area contributed by atoms with Gasteiger partial charge in [0.05, 0.1) is 0 Å². The van der Waals surface area contributed by atoms with Crippen molar-refractivity contribution in [2.75, 3.05) is 18.4 Å². The summed E-state index contributed by atoms with van der Waals surface area (Å²) in [6.45, 7) is 10.5. The fraction of sp³-hybridized carbons (Fsp3) is 0.480. The summed E-state index contributed by atoms with van der Waals surface area (Å²) in [5.74, 6) is -0.0742. The summed E-state index contributed by atoms with van der Waals surface area (Å²) >= 11 is 0. The van der Waals surface area contributed by atoms with Gasteiger partial charge in [-0.3, -0.25) is 14.5 Å². The average Bonchev–Trinajstić information content (AvgIpc) is 2.73. The third-order valence-electron chi connectivity index (χ3n) is 6.14. The molecule has 0 atom stereocenters. The second-order valence-corrected chi connectivity index (χ2v) is 9.39. The van der Waals surface area contributed by atoms with Gasteiger partial charge in [0.15, 0.2) is 12.4 Å². The number of pyridine rings is 1. The van der Waals surface area contributed by atoms with Gasteiger partial charge in [0.25, 0.3) is 5.91 Å². The molecule has 0 bridgehead atoms. The molecule has 1 aromatic carbocycles. The Morgan fingerprint density at radius 2 is 1.91 bits per heavy atom. The molecule has 0 aliphatic carbocycles. The van der Waals surface area contributed by atoms with Crippen LogP contribution in [-0.4, -0.2) is 35.3 Å². The summed E-state index contributed by atoms with van der Waals surface area (Å²) in [4.78, 5) is 27.4. The van der Waals surface area contributed by atoms with Crippen molar-refractivity contribution in [1.82, 2.24) is 10.2 Å². The summed E-state index contributed by atoms with van der Waals surface area (Å²) < 4.78 is 0.647. The lowest BCUT2D eigenvalue weighted by Crippen LogP contribution is -2.48. The number of carbonyl (C=O) groups is 2. The number of piperidine rings is 1. The first-order valence-corrected chi connectivity index (χ1v) is 11.3. The number of anilines is 1. The highest BCUT2D eigenvalue weighted by molar-refractivity contribution is 6.04. The van der Waals surface area contributed by atoms with E-state index in [9.17, 15) is 14.8 Å². The molecule has 0 spiro atoms. The molecule has 32 heavy (non-hydrogen) atoms. The van der Waals surface area contributed by atoms with Crippen molar-refractivity contribution in [3.63, 3.8) is 0 Å². The molecule has 7 nitrogen and oxygen atoms in total. The molecular formula is C25H34N4O3. The second kappa shape index (κ2) is 10.1. The zero-order chi connectivity index (χ0) is 23.3. The zero-order valence-electron chi connectivity index (χ0n) is 19.5. The van der Waals surface area contributed by atoms with Gasteiger partial charge in [-0.25, -0.2) is 0 Å². The number of aromatic nitrogens is 1. The van der Waals surface area contributed by atoms with Crippen LogP contribution >= 0.6 is 0 Å². The fourth-order valence-electron chi connectivity index (χ4n) is 3.91. The van der Waals surface area contributed by atoms with Gasteiger partial charge in [-0.2, -0.15) is 4.73 Å². The van der Waals surface area contributed by atoms with Gasteiger partial charge in [-0.1, -0.05) is 19.1 Å². The monoisotopic (exact) mass is 438 g/mol. The molecule has 1 aromatic heterocycles. The van der Waals surface area contributed by atoms with Crippen molar-refractivity contribution in [3.05, 3.63) is 64.6 Å². The predicted octanol–water partition coefficient (Wildman–Crippen LogP) is 3.40. The van der Waals surface area contributed by atoms with Crippen LogP contribution in [0.25, 0.3) is 0 Å². The normalized spacial score (nSPS) is 15.4. The molecule has 3 rings (SSSR count). The summed E-state index contributed by atoms with van der Waals surface area (Å²) in [5, 5.41) is 17.6. The molecular weight excluding hydrogens is 404 g/mol. The van der Waals surface area contributed by atoms with E-state index in [1.165, 1.54) is 12.4 Å². The lowest BCUT2D eigenvalue weighted by atomic mass is 9.93. The fourth-order valence-corrected chi connectivity index (χ4v) is 3.91. The van der Waals surface area contributed by atoms with E-state index in [0.717, 1.165) is 50.0 Å². The maximum atomic E-state index is 12.6. The van der Waals surface area contributed by atoms with E-state index in [-0.39, 0.29) is 23.3 Å². The minimum Gasteiger partial charge on any atom is -0.619 e. The van der Waals surface area contributed by atoms with Crippen LogP contribution in [0, 0.1) is 18.0 Å². The van der Waals surface area contributed by atoms with Crippen LogP contribution in [0.3, 0.4) is 0 Å². The van der Waals surface area contributed by atoms with E-state index >= 15 is 0 Å². The van der Waals surface area contributed by atoms with Crippen LogP contribution in [0.15, 0.2) is 42.7 Å². The number of benzene rings is 1. The molecule has 0 unspecified atom stereocenters. The van der Waals surface area contributed by atoms with Crippen LogP contribution in [0.4, 0.5) is 5.69 Å². The first kappa shape index (κ1) is 23.7. The minimum atomic E-state index is -0.308. The minimum absolute atomic E-state index is 0.0702. The Labute approximate surface area is 190 Å². The summed E-state index contributed by atoms with van der Waals surface area (Å²) in [6.07, 6.45) is 5.31. The van der Waals surface area contributed by atoms with Gasteiger partial charge in [-0.15, -0.1) is 0 Å². The molecule has 2 aromatic rings. The van der Waals surface area contributed by atoms with Gasteiger partial charge < -0.3 is 15.8 Å². The van der Waals surface area contributed by atoms with Crippen LogP contribution in [0.1, 0.15) is 61.5 Å². The molecule has 7 heteroatoms. The maximum Gasteiger partial charge on any atom is 0.261 e. The molecule has 1 aliphatic rings. The number of carbonyl (C=O) groups excluding carboxylic acids is 2. The molecule has 2 N–H and O–H groups in total. The Balaban J connectivity index is 1.54. The highest BCUT2D eigenvalue weighted by Crippen LogP contribution is 2.22. The van der Waals surface area contributed by atoms with E-state index in [1.54, 1.807) is 13.0 Å². The highest BCUT2D eigenvalue weighted by atomic mass is 16.5. The van der Waals surface area contributed by atoms with Crippen LogP contribution in [0.2, 0.25) is 0 Å². The molecule has 1 fully saturated rings. The Kier molecular flexibility index (Phi) is 7.51. The molecule has 0 saturated carbocycles. The zero-order valence-corrected chi connectivity index (χ0v) is 19.5. The number of aryl methyl sites for hydroxylation is 1. The van der Waals surface area contributed by atoms with E-state index in [0.29, 0.717) is 16.0 Å².